The second kappa shape index (κ2) is 9.39. The van der Waals surface area contributed by atoms with Gasteiger partial charge in [-0.05, 0) is 61.7 Å². The summed E-state index contributed by atoms with van der Waals surface area (Å²) in [6.07, 6.45) is 3.01. The van der Waals surface area contributed by atoms with Crippen molar-refractivity contribution in [1.82, 2.24) is 10.2 Å². The maximum absolute atomic E-state index is 12.9. The number of benzene rings is 2. The molecule has 2 aromatic carbocycles. The number of nitrogens with one attached hydrogen (secondary N) is 1. The molecule has 0 aliphatic carbocycles. The zero-order valence-electron chi connectivity index (χ0n) is 17.7. The largest absolute Gasteiger partial charge is 0.497 e. The molecule has 0 radical (unpaired) electrons. The van der Waals surface area contributed by atoms with Gasteiger partial charge in [-0.3, -0.25) is 9.69 Å². The second-order valence-electron chi connectivity index (χ2n) is 7.89. The molecular weight excluding hydrogens is 380 g/mol. The third-order valence-corrected chi connectivity index (χ3v) is 5.95. The molecule has 1 amide bonds. The predicted molar refractivity (Wildman–Crippen MR) is 115 cm³/mol. The lowest BCUT2D eigenvalue weighted by molar-refractivity contribution is -0.126. The Bertz CT molecular complexity index is 868. The molecule has 0 aromatic heterocycles. The smallest absolute Gasteiger partial charge is 0.237 e. The molecule has 0 spiro atoms. The topological polar surface area (TPSA) is 60.0 Å². The summed E-state index contributed by atoms with van der Waals surface area (Å²) in [5.74, 6) is 2.49. The van der Waals surface area contributed by atoms with E-state index in [0.717, 1.165) is 48.6 Å². The van der Waals surface area contributed by atoms with Crippen LogP contribution in [0.25, 0.3) is 0 Å². The number of carbonyl (C=O) groups excluding carboxylic acids is 1. The summed E-state index contributed by atoms with van der Waals surface area (Å²) in [6, 6.07) is 14.0. The van der Waals surface area contributed by atoms with Gasteiger partial charge >= 0.3 is 0 Å². The Hall–Kier alpha value is -2.73. The molecule has 0 unspecified atom stereocenters. The Morgan fingerprint density at radius 2 is 1.90 bits per heavy atom. The number of nitrogens with zero attached hydrogens (tertiary/aromatic N) is 1. The zero-order chi connectivity index (χ0) is 20.9. The van der Waals surface area contributed by atoms with Crippen molar-refractivity contribution >= 4 is 5.91 Å². The van der Waals surface area contributed by atoms with Crippen LogP contribution >= 0.6 is 0 Å². The molecule has 1 saturated heterocycles. The van der Waals surface area contributed by atoms with Crippen molar-refractivity contribution in [2.45, 2.75) is 44.8 Å². The number of rotatable bonds is 6. The van der Waals surface area contributed by atoms with E-state index in [4.69, 9.17) is 14.2 Å². The van der Waals surface area contributed by atoms with Crippen LogP contribution in [-0.4, -0.2) is 43.7 Å². The fourth-order valence-corrected chi connectivity index (χ4v) is 4.23. The van der Waals surface area contributed by atoms with Gasteiger partial charge in [-0.25, -0.2) is 0 Å². The van der Waals surface area contributed by atoms with Gasteiger partial charge in [0, 0.05) is 19.0 Å². The van der Waals surface area contributed by atoms with E-state index in [1.165, 1.54) is 5.56 Å². The van der Waals surface area contributed by atoms with Crippen molar-refractivity contribution in [2.24, 2.45) is 0 Å². The minimum absolute atomic E-state index is 0.0482. The van der Waals surface area contributed by atoms with Crippen molar-refractivity contribution in [3.8, 4) is 17.2 Å². The molecule has 2 aliphatic rings. The van der Waals surface area contributed by atoms with E-state index in [9.17, 15) is 4.79 Å². The van der Waals surface area contributed by atoms with E-state index in [-0.39, 0.29) is 18.0 Å². The van der Waals surface area contributed by atoms with Crippen LogP contribution < -0.4 is 19.5 Å². The van der Waals surface area contributed by atoms with Crippen molar-refractivity contribution in [3.05, 3.63) is 53.6 Å². The minimum Gasteiger partial charge on any atom is -0.497 e. The standard InChI is InChI=1S/C24H30N2O4/c1-17(24(27)25-16-18-6-9-20(28-2)10-7-18)26-12-3-5-21(26)19-8-11-22-23(15-19)30-14-4-13-29-22/h6-11,15,17,21H,3-5,12-14,16H2,1-2H3,(H,25,27)/t17-,21-/m1/s1. The lowest BCUT2D eigenvalue weighted by Crippen LogP contribution is -2.44. The summed E-state index contributed by atoms with van der Waals surface area (Å²) in [4.78, 5) is 15.2. The Kier molecular flexibility index (Phi) is 6.43. The third kappa shape index (κ3) is 4.54. The summed E-state index contributed by atoms with van der Waals surface area (Å²) in [5.41, 5.74) is 2.24. The van der Waals surface area contributed by atoms with E-state index in [0.29, 0.717) is 19.8 Å². The van der Waals surface area contributed by atoms with Gasteiger partial charge in [0.15, 0.2) is 11.5 Å². The molecule has 2 aliphatic heterocycles. The number of methoxy groups -OCH3 is 1. The molecule has 2 atom stereocenters. The molecule has 0 saturated carbocycles. The fourth-order valence-electron chi connectivity index (χ4n) is 4.23. The molecule has 2 aromatic rings. The molecule has 6 nitrogen and oxygen atoms in total. The fraction of sp³-hybridized carbons (Fsp3) is 0.458. The average molecular weight is 411 g/mol. The summed E-state index contributed by atoms with van der Waals surface area (Å²) < 4.78 is 16.8. The van der Waals surface area contributed by atoms with Crippen molar-refractivity contribution in [3.63, 3.8) is 0 Å². The highest BCUT2D eigenvalue weighted by Crippen LogP contribution is 2.38. The van der Waals surface area contributed by atoms with Crippen molar-refractivity contribution in [1.29, 1.82) is 0 Å². The number of carbonyl (C=O) groups is 1. The number of ether oxygens (including phenoxy) is 3. The van der Waals surface area contributed by atoms with Crippen molar-refractivity contribution in [2.75, 3.05) is 26.9 Å². The van der Waals surface area contributed by atoms with E-state index in [1.807, 2.05) is 37.3 Å². The Labute approximate surface area is 178 Å². The van der Waals surface area contributed by atoms with Gasteiger partial charge < -0.3 is 19.5 Å². The van der Waals surface area contributed by atoms with Gasteiger partial charge in [-0.2, -0.15) is 0 Å². The summed E-state index contributed by atoms with van der Waals surface area (Å²) in [5, 5.41) is 3.08. The Morgan fingerprint density at radius 3 is 2.67 bits per heavy atom. The number of hydrogen-bond acceptors (Lipinski definition) is 5. The molecule has 6 heteroatoms. The van der Waals surface area contributed by atoms with Crippen molar-refractivity contribution < 1.29 is 19.0 Å². The minimum atomic E-state index is -0.202. The van der Waals surface area contributed by atoms with Crippen LogP contribution in [0.3, 0.4) is 0 Å². The first kappa shape index (κ1) is 20.5. The summed E-state index contributed by atoms with van der Waals surface area (Å²) >= 11 is 0. The quantitative estimate of drug-likeness (QED) is 0.787. The van der Waals surface area contributed by atoms with Crippen LogP contribution in [0.4, 0.5) is 0 Å². The summed E-state index contributed by atoms with van der Waals surface area (Å²) in [6.45, 7) is 4.78. The first-order valence-corrected chi connectivity index (χ1v) is 10.7. The van der Waals surface area contributed by atoms with Gasteiger partial charge in [-0.15, -0.1) is 0 Å². The van der Waals surface area contributed by atoms with Gasteiger partial charge in [0.2, 0.25) is 5.91 Å². The zero-order valence-corrected chi connectivity index (χ0v) is 17.7. The van der Waals surface area contributed by atoms with Crippen LogP contribution in [0.15, 0.2) is 42.5 Å². The second-order valence-corrected chi connectivity index (χ2v) is 7.89. The predicted octanol–water partition coefficient (Wildman–Crippen LogP) is 3.70. The van der Waals surface area contributed by atoms with E-state index in [1.54, 1.807) is 7.11 Å². The first-order valence-electron chi connectivity index (χ1n) is 10.7. The SMILES string of the molecule is COc1ccc(CNC(=O)[C@@H](C)N2CCC[C@@H]2c2ccc3c(c2)OCCCO3)cc1. The van der Waals surface area contributed by atoms with Crippen LogP contribution in [0.5, 0.6) is 17.2 Å². The monoisotopic (exact) mass is 410 g/mol. The van der Waals surface area contributed by atoms with E-state index in [2.05, 4.69) is 22.3 Å². The summed E-state index contributed by atoms with van der Waals surface area (Å²) in [7, 11) is 1.65. The molecule has 1 fully saturated rings. The molecule has 0 bridgehead atoms. The molecule has 1 N–H and O–H groups in total. The number of hydrogen-bond donors (Lipinski definition) is 1. The highest BCUT2D eigenvalue weighted by Gasteiger charge is 2.33. The van der Waals surface area contributed by atoms with Crippen LogP contribution in [0, 0.1) is 0 Å². The third-order valence-electron chi connectivity index (χ3n) is 5.95. The molecular formula is C24H30N2O4. The molecule has 2 heterocycles. The van der Waals surface area contributed by atoms with Gasteiger partial charge in [0.05, 0.1) is 26.4 Å². The maximum atomic E-state index is 12.9. The normalized spacial score (nSPS) is 19.7. The lowest BCUT2D eigenvalue weighted by Gasteiger charge is -2.30. The lowest BCUT2D eigenvalue weighted by atomic mass is 10.0. The Morgan fingerprint density at radius 1 is 1.13 bits per heavy atom. The van der Waals surface area contributed by atoms with Gasteiger partial charge in [-0.1, -0.05) is 18.2 Å². The average Bonchev–Trinajstić information content (AvgIpc) is 3.15. The number of likely N-dealkylation sites (tertiary alicyclic amines) is 1. The van der Waals surface area contributed by atoms with Crippen LogP contribution in [0.1, 0.15) is 43.4 Å². The highest BCUT2D eigenvalue weighted by molar-refractivity contribution is 5.81. The van der Waals surface area contributed by atoms with E-state index >= 15 is 0 Å². The van der Waals surface area contributed by atoms with Crippen LogP contribution in [0.2, 0.25) is 0 Å². The molecule has 160 valence electrons. The first-order chi connectivity index (χ1) is 14.7. The maximum Gasteiger partial charge on any atom is 0.237 e. The number of fused-ring (bicyclic) bond motifs is 1. The van der Waals surface area contributed by atoms with Gasteiger partial charge in [0.1, 0.15) is 5.75 Å². The van der Waals surface area contributed by atoms with Gasteiger partial charge in [0.25, 0.3) is 0 Å². The van der Waals surface area contributed by atoms with Crippen LogP contribution in [-0.2, 0) is 11.3 Å². The van der Waals surface area contributed by atoms with E-state index < -0.39 is 0 Å². The molecule has 4 rings (SSSR count). The number of amides is 1. The Balaban J connectivity index is 1.40. The molecule has 30 heavy (non-hydrogen) atoms. The highest BCUT2D eigenvalue weighted by atomic mass is 16.5.